The minimum Gasteiger partial charge on any atom is -0.480 e. The van der Waals surface area contributed by atoms with Crippen LogP contribution in [0.15, 0.2) is 12.1 Å². The fourth-order valence-corrected chi connectivity index (χ4v) is 6.04. The molecule has 0 atom stereocenters. The summed E-state index contributed by atoms with van der Waals surface area (Å²) in [7, 11) is 0. The molecule has 1 aliphatic rings. The number of carboxylic acid groups (broad SMARTS) is 1. The zero-order valence-electron chi connectivity index (χ0n) is 17.3. The molecule has 1 saturated carbocycles. The summed E-state index contributed by atoms with van der Waals surface area (Å²) < 4.78 is -1.07. The molecule has 0 aliphatic heterocycles. The summed E-state index contributed by atoms with van der Waals surface area (Å²) in [5, 5.41) is 13.6. The van der Waals surface area contributed by atoms with Crippen molar-refractivity contribution in [2.45, 2.75) is 56.5 Å². The average molecular weight is 479 g/mol. The minimum absolute atomic E-state index is 0.0129. The molecule has 0 radical (unpaired) electrons. The van der Waals surface area contributed by atoms with E-state index in [4.69, 9.17) is 23.2 Å². The summed E-state index contributed by atoms with van der Waals surface area (Å²) in [5.74, 6) is -0.711. The number of hydrogen-bond donors (Lipinski definition) is 2. The van der Waals surface area contributed by atoms with Crippen LogP contribution in [-0.4, -0.2) is 33.6 Å². The normalized spacial score (nSPS) is 16.7. The number of thioether (sulfide) groups is 2. The van der Waals surface area contributed by atoms with E-state index >= 15 is 0 Å². The molecule has 162 valence electrons. The van der Waals surface area contributed by atoms with Crippen molar-refractivity contribution in [3.05, 3.63) is 27.7 Å². The Kier molecular flexibility index (Phi) is 8.66. The van der Waals surface area contributed by atoms with Crippen molar-refractivity contribution < 1.29 is 14.7 Å². The van der Waals surface area contributed by atoms with Crippen LogP contribution in [0.3, 0.4) is 0 Å². The molecule has 0 bridgehead atoms. The van der Waals surface area contributed by atoms with Crippen LogP contribution in [0.25, 0.3) is 0 Å². The van der Waals surface area contributed by atoms with E-state index in [0.717, 1.165) is 32.1 Å². The third-order valence-corrected chi connectivity index (χ3v) is 9.78. The average Bonchev–Trinajstić information content (AvgIpc) is 2.69. The Balaban J connectivity index is 2.43. The van der Waals surface area contributed by atoms with Crippen LogP contribution in [-0.2, 0) is 16.0 Å². The highest BCUT2D eigenvalue weighted by molar-refractivity contribution is 8.18. The van der Waals surface area contributed by atoms with Gasteiger partial charge < -0.3 is 10.4 Å². The molecule has 0 saturated heterocycles. The first-order chi connectivity index (χ1) is 13.6. The second-order valence-electron chi connectivity index (χ2n) is 7.89. The van der Waals surface area contributed by atoms with Gasteiger partial charge in [0.15, 0.2) is 4.08 Å². The number of amides is 1. The molecule has 2 N–H and O–H groups in total. The third-order valence-electron chi connectivity index (χ3n) is 6.11. The van der Waals surface area contributed by atoms with Gasteiger partial charge in [-0.15, -0.1) is 23.5 Å². The highest BCUT2D eigenvalue weighted by Crippen LogP contribution is 2.45. The van der Waals surface area contributed by atoms with Gasteiger partial charge in [-0.2, -0.15) is 0 Å². The fourth-order valence-electron chi connectivity index (χ4n) is 4.08. The molecule has 1 fully saturated rings. The standard InChI is InChI=1S/C21H29Cl2NO3S2/c1-13(2)20(8-6-5-7-9-20)18(25)24-17-11-16(23)15(22)10-14(17)12-21(28-3,29-4)19(26)27/h10-11,13H,5-9,12H2,1-4H3,(H,24,25)(H,26,27). The van der Waals surface area contributed by atoms with Crippen LogP contribution in [0.2, 0.25) is 10.0 Å². The van der Waals surface area contributed by atoms with Crippen molar-refractivity contribution >= 4 is 64.3 Å². The summed E-state index contributed by atoms with van der Waals surface area (Å²) in [6.07, 6.45) is 8.73. The van der Waals surface area contributed by atoms with Crippen LogP contribution >= 0.6 is 46.7 Å². The molecule has 8 heteroatoms. The van der Waals surface area contributed by atoms with E-state index < -0.39 is 15.5 Å². The molecule has 2 rings (SSSR count). The van der Waals surface area contributed by atoms with Crippen LogP contribution in [0.4, 0.5) is 5.69 Å². The molecule has 1 aliphatic carbocycles. The number of carbonyl (C=O) groups excluding carboxylic acids is 1. The Morgan fingerprint density at radius 2 is 1.69 bits per heavy atom. The first kappa shape index (κ1) is 24.7. The number of halogens is 2. The summed E-state index contributed by atoms with van der Waals surface area (Å²) >= 11 is 15.0. The van der Waals surface area contributed by atoms with Gasteiger partial charge in [-0.05, 0) is 49.0 Å². The first-order valence-corrected chi connectivity index (χ1v) is 13.0. The second-order valence-corrected chi connectivity index (χ2v) is 11.2. The molecular formula is C21H29Cl2NO3S2. The SMILES string of the molecule is CSC(Cc1cc(Cl)c(Cl)cc1NC(=O)C1(C(C)C)CCCCC1)(SC)C(=O)O. The Morgan fingerprint density at radius 1 is 1.14 bits per heavy atom. The van der Waals surface area contributed by atoms with Gasteiger partial charge in [0, 0.05) is 12.1 Å². The number of nitrogens with one attached hydrogen (secondary N) is 1. The highest BCUT2D eigenvalue weighted by Gasteiger charge is 2.43. The topological polar surface area (TPSA) is 66.4 Å². The lowest BCUT2D eigenvalue weighted by Gasteiger charge is -2.39. The summed E-state index contributed by atoms with van der Waals surface area (Å²) in [4.78, 5) is 25.4. The zero-order chi connectivity index (χ0) is 21.8. The maximum atomic E-state index is 13.4. The maximum Gasteiger partial charge on any atom is 0.330 e. The predicted molar refractivity (Wildman–Crippen MR) is 127 cm³/mol. The van der Waals surface area contributed by atoms with Crippen molar-refractivity contribution in [2.24, 2.45) is 11.3 Å². The monoisotopic (exact) mass is 477 g/mol. The van der Waals surface area contributed by atoms with Gasteiger partial charge in [0.2, 0.25) is 5.91 Å². The van der Waals surface area contributed by atoms with Gasteiger partial charge in [0.05, 0.1) is 15.5 Å². The van der Waals surface area contributed by atoms with Crippen LogP contribution in [0.1, 0.15) is 51.5 Å². The quantitative estimate of drug-likeness (QED) is 0.413. The zero-order valence-corrected chi connectivity index (χ0v) is 20.5. The lowest BCUT2D eigenvalue weighted by Crippen LogP contribution is -2.42. The first-order valence-electron chi connectivity index (χ1n) is 9.75. The van der Waals surface area contributed by atoms with E-state index in [1.165, 1.54) is 23.5 Å². The Bertz CT molecular complexity index is 761. The molecule has 0 aromatic heterocycles. The van der Waals surface area contributed by atoms with E-state index in [9.17, 15) is 14.7 Å². The predicted octanol–water partition coefficient (Wildman–Crippen LogP) is 6.59. The molecule has 4 nitrogen and oxygen atoms in total. The molecule has 0 spiro atoms. The molecule has 1 aromatic rings. The van der Waals surface area contributed by atoms with Gasteiger partial charge in [0.25, 0.3) is 0 Å². The van der Waals surface area contributed by atoms with Crippen LogP contribution < -0.4 is 5.32 Å². The number of aliphatic carboxylic acids is 1. The molecular weight excluding hydrogens is 449 g/mol. The Morgan fingerprint density at radius 3 is 2.17 bits per heavy atom. The van der Waals surface area contributed by atoms with Crippen LogP contribution in [0.5, 0.6) is 0 Å². The van der Waals surface area contributed by atoms with Gasteiger partial charge in [-0.3, -0.25) is 4.79 Å². The van der Waals surface area contributed by atoms with E-state index in [2.05, 4.69) is 19.2 Å². The molecule has 1 aromatic carbocycles. The lowest BCUT2D eigenvalue weighted by atomic mass is 9.66. The van der Waals surface area contributed by atoms with Crippen molar-refractivity contribution in [1.29, 1.82) is 0 Å². The summed E-state index contributed by atoms with van der Waals surface area (Å²) in [5.41, 5.74) is 0.808. The number of anilines is 1. The minimum atomic E-state index is -1.07. The Hall–Kier alpha value is -0.560. The van der Waals surface area contributed by atoms with E-state index in [1.54, 1.807) is 24.6 Å². The second kappa shape index (κ2) is 10.2. The summed E-state index contributed by atoms with van der Waals surface area (Å²) in [6, 6.07) is 3.31. The third kappa shape index (κ3) is 5.20. The van der Waals surface area contributed by atoms with Gasteiger partial charge in [0.1, 0.15) is 0 Å². The maximum absolute atomic E-state index is 13.4. The van der Waals surface area contributed by atoms with E-state index in [1.807, 2.05) is 0 Å². The van der Waals surface area contributed by atoms with Gasteiger partial charge >= 0.3 is 5.97 Å². The van der Waals surface area contributed by atoms with Crippen molar-refractivity contribution in [3.8, 4) is 0 Å². The largest absolute Gasteiger partial charge is 0.480 e. The van der Waals surface area contributed by atoms with Crippen molar-refractivity contribution in [1.82, 2.24) is 0 Å². The number of benzene rings is 1. The number of rotatable bonds is 8. The number of carboxylic acids is 1. The smallest absolute Gasteiger partial charge is 0.330 e. The number of hydrogen-bond acceptors (Lipinski definition) is 4. The van der Waals surface area contributed by atoms with Gasteiger partial charge in [-0.25, -0.2) is 4.79 Å². The molecule has 0 unspecified atom stereocenters. The fraction of sp³-hybridized carbons (Fsp3) is 0.619. The van der Waals surface area contributed by atoms with E-state index in [-0.39, 0.29) is 18.2 Å². The highest BCUT2D eigenvalue weighted by atomic mass is 35.5. The van der Waals surface area contributed by atoms with Crippen LogP contribution in [0, 0.1) is 11.3 Å². The van der Waals surface area contributed by atoms with Crippen molar-refractivity contribution in [3.63, 3.8) is 0 Å². The summed E-state index contributed by atoms with van der Waals surface area (Å²) in [6.45, 7) is 4.19. The molecule has 0 heterocycles. The number of carbonyl (C=O) groups is 2. The van der Waals surface area contributed by atoms with E-state index in [0.29, 0.717) is 21.3 Å². The van der Waals surface area contributed by atoms with Gasteiger partial charge in [-0.1, -0.05) is 56.3 Å². The molecule has 29 heavy (non-hydrogen) atoms. The Labute approximate surface area is 191 Å². The lowest BCUT2D eigenvalue weighted by molar-refractivity contribution is -0.137. The van der Waals surface area contributed by atoms with Crippen molar-refractivity contribution in [2.75, 3.05) is 17.8 Å². The molecule has 1 amide bonds.